The van der Waals surface area contributed by atoms with Crippen molar-refractivity contribution in [3.05, 3.63) is 0 Å². The minimum atomic E-state index is 0.261. The maximum atomic E-state index is 3.42. The normalized spacial score (nSPS) is 26.3. The van der Waals surface area contributed by atoms with Crippen LogP contribution in [0.1, 0.15) is 58.8 Å². The number of piperidine rings is 1. The minimum Gasteiger partial charge on any atom is -0.314 e. The molecule has 17 heavy (non-hydrogen) atoms. The molecule has 1 heterocycles. The first-order chi connectivity index (χ1) is 8.05. The van der Waals surface area contributed by atoms with Crippen LogP contribution >= 0.6 is 0 Å². The summed E-state index contributed by atoms with van der Waals surface area (Å²) in [4.78, 5) is 2.66. The lowest BCUT2D eigenvalue weighted by molar-refractivity contribution is 0.0561. The molecule has 1 aliphatic carbocycles. The molecule has 0 aromatic carbocycles. The third kappa shape index (κ3) is 3.45. The van der Waals surface area contributed by atoms with Crippen molar-refractivity contribution in [1.82, 2.24) is 10.2 Å². The Labute approximate surface area is 107 Å². The van der Waals surface area contributed by atoms with E-state index in [0.29, 0.717) is 0 Å². The van der Waals surface area contributed by atoms with E-state index in [2.05, 4.69) is 31.1 Å². The van der Waals surface area contributed by atoms with Gasteiger partial charge in [-0.3, -0.25) is 0 Å². The monoisotopic (exact) mass is 238 g/mol. The van der Waals surface area contributed by atoms with Crippen LogP contribution in [0, 0.1) is 5.41 Å². The predicted octanol–water partition coefficient (Wildman–Crippen LogP) is 3.03. The van der Waals surface area contributed by atoms with Crippen molar-refractivity contribution in [2.75, 3.05) is 26.7 Å². The summed E-state index contributed by atoms with van der Waals surface area (Å²) >= 11 is 0. The zero-order valence-electron chi connectivity index (χ0n) is 12.0. The van der Waals surface area contributed by atoms with Crippen molar-refractivity contribution in [3.8, 4) is 0 Å². The highest BCUT2D eigenvalue weighted by Gasteiger charge is 2.36. The fourth-order valence-electron chi connectivity index (χ4n) is 3.63. The van der Waals surface area contributed by atoms with E-state index < -0.39 is 0 Å². The Morgan fingerprint density at radius 3 is 2.12 bits per heavy atom. The molecule has 0 aromatic rings. The van der Waals surface area contributed by atoms with Crippen LogP contribution in [0.25, 0.3) is 0 Å². The Bertz CT molecular complexity index is 231. The van der Waals surface area contributed by atoms with E-state index in [-0.39, 0.29) is 5.54 Å². The lowest BCUT2D eigenvalue weighted by atomic mass is 9.68. The summed E-state index contributed by atoms with van der Waals surface area (Å²) in [5, 5.41) is 3.42. The first kappa shape index (κ1) is 13.4. The molecule has 2 rings (SSSR count). The Hall–Kier alpha value is -0.0800. The van der Waals surface area contributed by atoms with Crippen molar-refractivity contribution < 1.29 is 0 Å². The van der Waals surface area contributed by atoms with Gasteiger partial charge in [0.1, 0.15) is 0 Å². The molecule has 0 radical (unpaired) electrons. The third-order valence-corrected chi connectivity index (χ3v) is 5.13. The Kier molecular flexibility index (Phi) is 4.14. The molecular weight excluding hydrogens is 208 g/mol. The van der Waals surface area contributed by atoms with Gasteiger partial charge in [-0.15, -0.1) is 0 Å². The van der Waals surface area contributed by atoms with Crippen LogP contribution in [0.4, 0.5) is 0 Å². The van der Waals surface area contributed by atoms with Gasteiger partial charge < -0.3 is 10.2 Å². The summed E-state index contributed by atoms with van der Waals surface area (Å²) in [6.07, 6.45) is 10.4. The molecule has 100 valence electrons. The van der Waals surface area contributed by atoms with Crippen LogP contribution in [-0.4, -0.2) is 37.1 Å². The van der Waals surface area contributed by atoms with Gasteiger partial charge in [0.2, 0.25) is 0 Å². The van der Waals surface area contributed by atoms with Gasteiger partial charge in [0.15, 0.2) is 0 Å². The molecule has 1 spiro atoms. The molecule has 0 aromatic heterocycles. The highest BCUT2D eigenvalue weighted by Crippen LogP contribution is 2.44. The average molecular weight is 238 g/mol. The molecule has 1 aliphatic heterocycles. The second-order valence-corrected chi connectivity index (χ2v) is 6.97. The quantitative estimate of drug-likeness (QED) is 0.813. The zero-order valence-corrected chi connectivity index (χ0v) is 12.0. The van der Waals surface area contributed by atoms with Gasteiger partial charge in [-0.1, -0.05) is 19.3 Å². The fraction of sp³-hybridized carbons (Fsp3) is 1.00. The van der Waals surface area contributed by atoms with Crippen LogP contribution in [0.3, 0.4) is 0 Å². The van der Waals surface area contributed by atoms with Crippen molar-refractivity contribution in [3.63, 3.8) is 0 Å². The lowest BCUT2D eigenvalue weighted by Gasteiger charge is -2.46. The van der Waals surface area contributed by atoms with Gasteiger partial charge in [-0.2, -0.15) is 0 Å². The summed E-state index contributed by atoms with van der Waals surface area (Å²) in [7, 11) is 2.08. The SMILES string of the molecule is CNC(C)(C)CN1CCC2(CCCCC2)CC1. The molecule has 1 N–H and O–H groups in total. The summed E-state index contributed by atoms with van der Waals surface area (Å²) in [6, 6.07) is 0. The number of hydrogen-bond acceptors (Lipinski definition) is 2. The largest absolute Gasteiger partial charge is 0.314 e. The van der Waals surface area contributed by atoms with Gasteiger partial charge in [0.25, 0.3) is 0 Å². The second-order valence-electron chi connectivity index (χ2n) is 6.97. The number of nitrogens with zero attached hydrogens (tertiary/aromatic N) is 1. The second kappa shape index (κ2) is 5.27. The average Bonchev–Trinajstić information content (AvgIpc) is 2.34. The molecule has 2 fully saturated rings. The predicted molar refractivity (Wildman–Crippen MR) is 74.3 cm³/mol. The fourth-order valence-corrected chi connectivity index (χ4v) is 3.63. The maximum Gasteiger partial charge on any atom is 0.0249 e. The highest BCUT2D eigenvalue weighted by atomic mass is 15.2. The summed E-state index contributed by atoms with van der Waals surface area (Å²) < 4.78 is 0. The topological polar surface area (TPSA) is 15.3 Å². The number of nitrogens with one attached hydrogen (secondary N) is 1. The molecule has 0 amide bonds. The molecule has 2 nitrogen and oxygen atoms in total. The Balaban J connectivity index is 1.81. The first-order valence-electron chi connectivity index (χ1n) is 7.47. The van der Waals surface area contributed by atoms with Crippen molar-refractivity contribution in [2.24, 2.45) is 5.41 Å². The number of hydrogen-bond donors (Lipinski definition) is 1. The maximum absolute atomic E-state index is 3.42. The van der Waals surface area contributed by atoms with E-state index >= 15 is 0 Å². The van der Waals surface area contributed by atoms with Crippen LogP contribution in [0.5, 0.6) is 0 Å². The van der Waals surface area contributed by atoms with Gasteiger partial charge in [0, 0.05) is 12.1 Å². The van der Waals surface area contributed by atoms with Crippen molar-refractivity contribution >= 4 is 0 Å². The van der Waals surface area contributed by atoms with E-state index in [4.69, 9.17) is 0 Å². The lowest BCUT2D eigenvalue weighted by Crippen LogP contribution is -2.51. The number of likely N-dealkylation sites (N-methyl/N-ethyl adjacent to an activating group) is 1. The van der Waals surface area contributed by atoms with Crippen LogP contribution in [-0.2, 0) is 0 Å². The molecule has 1 saturated heterocycles. The molecular formula is C15H30N2. The Morgan fingerprint density at radius 1 is 1.00 bits per heavy atom. The van der Waals surface area contributed by atoms with Crippen LogP contribution < -0.4 is 5.32 Å². The van der Waals surface area contributed by atoms with E-state index in [0.717, 1.165) is 5.41 Å². The van der Waals surface area contributed by atoms with Crippen molar-refractivity contribution in [2.45, 2.75) is 64.3 Å². The summed E-state index contributed by atoms with van der Waals surface area (Å²) in [6.45, 7) is 8.45. The molecule has 0 atom stereocenters. The summed E-state index contributed by atoms with van der Waals surface area (Å²) in [5.74, 6) is 0. The van der Waals surface area contributed by atoms with Gasteiger partial charge >= 0.3 is 0 Å². The van der Waals surface area contributed by atoms with Gasteiger partial charge in [-0.05, 0) is 65.1 Å². The summed E-state index contributed by atoms with van der Waals surface area (Å²) in [5.41, 5.74) is 1.01. The van der Waals surface area contributed by atoms with E-state index in [1.54, 1.807) is 0 Å². The molecule has 1 saturated carbocycles. The highest BCUT2D eigenvalue weighted by molar-refractivity contribution is 4.90. The third-order valence-electron chi connectivity index (χ3n) is 5.13. The van der Waals surface area contributed by atoms with Crippen LogP contribution in [0.15, 0.2) is 0 Å². The molecule has 2 aliphatic rings. The van der Waals surface area contributed by atoms with Crippen LogP contribution in [0.2, 0.25) is 0 Å². The smallest absolute Gasteiger partial charge is 0.0249 e. The minimum absolute atomic E-state index is 0.261. The first-order valence-corrected chi connectivity index (χ1v) is 7.47. The number of rotatable bonds is 3. The molecule has 0 unspecified atom stereocenters. The standard InChI is InChI=1S/C15H30N2/c1-14(2,16-3)13-17-11-9-15(10-12-17)7-5-4-6-8-15/h16H,4-13H2,1-3H3. The Morgan fingerprint density at radius 2 is 1.59 bits per heavy atom. The van der Waals surface area contributed by atoms with Gasteiger partial charge in [-0.25, -0.2) is 0 Å². The van der Waals surface area contributed by atoms with E-state index in [9.17, 15) is 0 Å². The molecule has 2 heteroatoms. The van der Waals surface area contributed by atoms with E-state index in [1.807, 2.05) is 0 Å². The van der Waals surface area contributed by atoms with Gasteiger partial charge in [0.05, 0.1) is 0 Å². The molecule has 0 bridgehead atoms. The number of likely N-dealkylation sites (tertiary alicyclic amines) is 1. The zero-order chi connectivity index (χ0) is 12.4. The van der Waals surface area contributed by atoms with E-state index in [1.165, 1.54) is 64.6 Å². The van der Waals surface area contributed by atoms with Crippen molar-refractivity contribution in [1.29, 1.82) is 0 Å².